The first-order valence-corrected chi connectivity index (χ1v) is 10.5. The highest BCUT2D eigenvalue weighted by Crippen LogP contribution is 2.30. The fraction of sp³-hybridized carbons (Fsp3) is 0.545. The van der Waals surface area contributed by atoms with Crippen LogP contribution in [0.1, 0.15) is 61.1 Å². The van der Waals surface area contributed by atoms with Crippen molar-refractivity contribution < 1.29 is 14.4 Å². The minimum atomic E-state index is -0.219. The molecular formula is C22H29N3O3. The van der Waals surface area contributed by atoms with Crippen LogP contribution in [0.5, 0.6) is 0 Å². The van der Waals surface area contributed by atoms with Crippen molar-refractivity contribution in [3.63, 3.8) is 0 Å². The van der Waals surface area contributed by atoms with Gasteiger partial charge < -0.3 is 15.1 Å². The summed E-state index contributed by atoms with van der Waals surface area (Å²) in [4.78, 5) is 32.8. The van der Waals surface area contributed by atoms with Gasteiger partial charge in [0.1, 0.15) is 0 Å². The molecule has 1 amide bonds. The minimum Gasteiger partial charge on any atom is -0.339 e. The number of hydrogen-bond acceptors (Lipinski definition) is 4. The van der Waals surface area contributed by atoms with E-state index in [2.05, 4.69) is 12.2 Å². The minimum absolute atomic E-state index is 0.0991. The second-order valence-electron chi connectivity index (χ2n) is 8.07. The zero-order chi connectivity index (χ0) is 19.7. The average Bonchev–Trinajstić information content (AvgIpc) is 3.01. The molecule has 3 heterocycles. The van der Waals surface area contributed by atoms with Crippen molar-refractivity contribution in [2.75, 3.05) is 19.6 Å². The van der Waals surface area contributed by atoms with E-state index in [0.717, 1.165) is 74.0 Å². The summed E-state index contributed by atoms with van der Waals surface area (Å²) in [5.74, 6) is 0.571. The van der Waals surface area contributed by atoms with Crippen LogP contribution in [-0.4, -0.2) is 41.1 Å². The van der Waals surface area contributed by atoms with Crippen LogP contribution in [0, 0.1) is 5.92 Å². The van der Waals surface area contributed by atoms with E-state index in [4.69, 9.17) is 4.84 Å². The highest BCUT2D eigenvalue weighted by Gasteiger charge is 2.25. The molecule has 1 fully saturated rings. The summed E-state index contributed by atoms with van der Waals surface area (Å²) in [6.07, 6.45) is 4.09. The first kappa shape index (κ1) is 19.0. The monoisotopic (exact) mass is 383 g/mol. The fourth-order valence-corrected chi connectivity index (χ4v) is 4.23. The number of aromatic nitrogens is 1. The summed E-state index contributed by atoms with van der Waals surface area (Å²) >= 11 is 0. The number of hydrogen-bond donors (Lipinski definition) is 1. The lowest BCUT2D eigenvalue weighted by Gasteiger charge is -2.30. The molecule has 2 aromatic rings. The summed E-state index contributed by atoms with van der Waals surface area (Å²) in [6.45, 7) is 7.44. The van der Waals surface area contributed by atoms with Crippen molar-refractivity contribution in [3.05, 3.63) is 35.0 Å². The molecule has 6 heteroatoms. The zero-order valence-electron chi connectivity index (χ0n) is 16.8. The van der Waals surface area contributed by atoms with E-state index in [1.54, 1.807) is 4.73 Å². The number of rotatable bonds is 4. The Morgan fingerprint density at radius 3 is 2.79 bits per heavy atom. The summed E-state index contributed by atoms with van der Waals surface area (Å²) in [5, 5.41) is 4.40. The predicted molar refractivity (Wildman–Crippen MR) is 108 cm³/mol. The Balaban J connectivity index is 1.69. The Labute approximate surface area is 165 Å². The molecule has 0 aliphatic carbocycles. The van der Waals surface area contributed by atoms with Crippen molar-refractivity contribution in [2.24, 2.45) is 5.92 Å². The predicted octanol–water partition coefficient (Wildman–Crippen LogP) is 2.91. The highest BCUT2D eigenvalue weighted by atomic mass is 16.7. The number of likely N-dealkylation sites (tertiary alicyclic amines) is 1. The maximum Gasteiger partial charge on any atom is 0.332 e. The summed E-state index contributed by atoms with van der Waals surface area (Å²) in [7, 11) is 0. The van der Waals surface area contributed by atoms with Gasteiger partial charge in [-0.05, 0) is 48.9 Å². The molecule has 0 spiro atoms. The third-order valence-corrected chi connectivity index (χ3v) is 5.94. The lowest BCUT2D eigenvalue weighted by molar-refractivity contribution is -0.143. The first-order chi connectivity index (χ1) is 13.6. The van der Waals surface area contributed by atoms with E-state index in [-0.39, 0.29) is 11.9 Å². The quantitative estimate of drug-likeness (QED) is 0.882. The van der Waals surface area contributed by atoms with Gasteiger partial charge in [0.25, 0.3) is 5.91 Å². The molecule has 1 N–H and O–H groups in total. The Bertz CT molecular complexity index is 894. The Morgan fingerprint density at radius 1 is 1.25 bits per heavy atom. The summed E-state index contributed by atoms with van der Waals surface area (Å²) in [5.41, 5.74) is 3.75. The molecular weight excluding hydrogens is 354 g/mol. The van der Waals surface area contributed by atoms with Crippen LogP contribution in [0.2, 0.25) is 0 Å². The molecule has 0 atom stereocenters. The molecule has 0 bridgehead atoms. The zero-order valence-corrected chi connectivity index (χ0v) is 16.8. The molecule has 0 radical (unpaired) electrons. The number of piperidine rings is 1. The van der Waals surface area contributed by atoms with Crippen LogP contribution in [0.15, 0.2) is 18.2 Å². The number of amides is 1. The molecule has 2 aliphatic rings. The van der Waals surface area contributed by atoms with Crippen molar-refractivity contribution in [3.8, 4) is 0 Å². The van der Waals surface area contributed by atoms with Gasteiger partial charge in [0, 0.05) is 50.0 Å². The lowest BCUT2D eigenvalue weighted by atomic mass is 9.98. The van der Waals surface area contributed by atoms with E-state index in [0.29, 0.717) is 17.9 Å². The van der Waals surface area contributed by atoms with Gasteiger partial charge in [0.15, 0.2) is 0 Å². The molecule has 6 nitrogen and oxygen atoms in total. The fourth-order valence-electron chi connectivity index (χ4n) is 4.23. The third kappa shape index (κ3) is 3.53. The van der Waals surface area contributed by atoms with Crippen LogP contribution < -0.4 is 10.2 Å². The van der Waals surface area contributed by atoms with Gasteiger partial charge in [-0.15, -0.1) is 0 Å². The van der Waals surface area contributed by atoms with Gasteiger partial charge >= 0.3 is 5.97 Å². The smallest absolute Gasteiger partial charge is 0.332 e. The van der Waals surface area contributed by atoms with Crippen molar-refractivity contribution in [2.45, 2.75) is 52.5 Å². The lowest BCUT2D eigenvalue weighted by Crippen LogP contribution is -2.37. The molecule has 150 valence electrons. The average molecular weight is 383 g/mol. The van der Waals surface area contributed by atoms with Crippen molar-refractivity contribution >= 4 is 22.8 Å². The van der Waals surface area contributed by atoms with Crippen LogP contribution in [0.4, 0.5) is 0 Å². The van der Waals surface area contributed by atoms with Crippen molar-refractivity contribution in [1.82, 2.24) is 14.9 Å². The van der Waals surface area contributed by atoms with Crippen LogP contribution in [-0.2, 0) is 17.8 Å². The number of carbonyl (C=O) groups is 2. The molecule has 0 unspecified atom stereocenters. The number of nitrogens with zero attached hydrogens (tertiary/aromatic N) is 2. The Kier molecular flexibility index (Phi) is 5.40. The molecule has 4 rings (SSSR count). The van der Waals surface area contributed by atoms with E-state index < -0.39 is 0 Å². The Hall–Kier alpha value is -2.34. The van der Waals surface area contributed by atoms with Gasteiger partial charge in [-0.25, -0.2) is 4.79 Å². The van der Waals surface area contributed by atoms with Gasteiger partial charge in [0.05, 0.1) is 11.2 Å². The summed E-state index contributed by atoms with van der Waals surface area (Å²) in [6, 6.07) is 5.77. The second-order valence-corrected chi connectivity index (χ2v) is 8.07. The molecule has 28 heavy (non-hydrogen) atoms. The number of benzene rings is 1. The molecule has 1 aromatic carbocycles. The first-order valence-electron chi connectivity index (χ1n) is 10.5. The number of nitrogens with one attached hydrogen (secondary N) is 1. The van der Waals surface area contributed by atoms with Gasteiger partial charge in [-0.2, -0.15) is 4.73 Å². The standard InChI is InChI=1S/C22H29N3O3/c1-3-4-21(26)28-25-19-6-5-16(22(27)24-11-8-15(2)9-12-24)13-17(19)18-14-23-10-7-20(18)25/h5-6,13,15,23H,3-4,7-12,14H2,1-2H3. The molecule has 1 aromatic heterocycles. The summed E-state index contributed by atoms with van der Waals surface area (Å²) < 4.78 is 1.69. The van der Waals surface area contributed by atoms with E-state index in [1.807, 2.05) is 30.0 Å². The van der Waals surface area contributed by atoms with Gasteiger partial charge in [-0.3, -0.25) is 4.79 Å². The second kappa shape index (κ2) is 7.95. The highest BCUT2D eigenvalue weighted by molar-refractivity contribution is 5.99. The van der Waals surface area contributed by atoms with Crippen LogP contribution >= 0.6 is 0 Å². The topological polar surface area (TPSA) is 63.6 Å². The largest absolute Gasteiger partial charge is 0.339 e. The Morgan fingerprint density at radius 2 is 2.04 bits per heavy atom. The maximum atomic E-state index is 13.0. The van der Waals surface area contributed by atoms with Crippen molar-refractivity contribution in [1.29, 1.82) is 0 Å². The van der Waals surface area contributed by atoms with E-state index in [1.165, 1.54) is 0 Å². The normalized spacial score (nSPS) is 17.6. The van der Waals surface area contributed by atoms with E-state index in [9.17, 15) is 9.59 Å². The number of fused-ring (bicyclic) bond motifs is 3. The molecule has 1 saturated heterocycles. The molecule has 0 saturated carbocycles. The SMILES string of the molecule is CCCC(=O)On1c2c(c3cc(C(=O)N4CCC(C)CC4)ccc31)CNCC2. The van der Waals surface area contributed by atoms with Gasteiger partial charge in [0.2, 0.25) is 0 Å². The number of carbonyl (C=O) groups excluding carboxylic acids is 2. The molecule has 2 aliphatic heterocycles. The van der Waals surface area contributed by atoms with Crippen LogP contribution in [0.3, 0.4) is 0 Å². The van der Waals surface area contributed by atoms with Crippen LogP contribution in [0.25, 0.3) is 10.9 Å². The van der Waals surface area contributed by atoms with Gasteiger partial charge in [-0.1, -0.05) is 13.8 Å². The maximum absolute atomic E-state index is 13.0. The van der Waals surface area contributed by atoms with E-state index >= 15 is 0 Å². The third-order valence-electron chi connectivity index (χ3n) is 5.94.